The number of carbonyl (C=O) groups excluding carboxylic acids is 1. The Morgan fingerprint density at radius 1 is 1.80 bits per heavy atom. The molecule has 1 atom stereocenters. The van der Waals surface area contributed by atoms with Crippen LogP contribution in [0, 0.1) is 0 Å². The van der Waals surface area contributed by atoms with Crippen LogP contribution in [0.25, 0.3) is 0 Å². The van der Waals surface area contributed by atoms with E-state index in [2.05, 4.69) is 4.99 Å². The number of hydrogen-bond donors (Lipinski definition) is 1. The summed E-state index contributed by atoms with van der Waals surface area (Å²) in [5.74, 6) is 0.365. The van der Waals surface area contributed by atoms with Crippen molar-refractivity contribution in [3.8, 4) is 0 Å². The van der Waals surface area contributed by atoms with Gasteiger partial charge in [0.25, 0.3) is 0 Å². The average molecular weight is 141 g/mol. The van der Waals surface area contributed by atoms with Crippen LogP contribution in [0.4, 0.5) is 0 Å². The smallest absolute Gasteiger partial charge is 0.231 e. The van der Waals surface area contributed by atoms with Gasteiger partial charge in [0.15, 0.2) is 5.96 Å². The molecule has 1 aliphatic rings. The van der Waals surface area contributed by atoms with E-state index in [4.69, 9.17) is 5.73 Å². The fraction of sp³-hybridized carbons (Fsp3) is 0.667. The van der Waals surface area contributed by atoms with Crippen molar-refractivity contribution in [2.75, 3.05) is 7.05 Å². The molecule has 0 aromatic carbocycles. The highest BCUT2D eigenvalue weighted by Crippen LogP contribution is 2.06. The zero-order chi connectivity index (χ0) is 7.72. The van der Waals surface area contributed by atoms with Gasteiger partial charge in [-0.3, -0.25) is 9.69 Å². The number of nitrogens with two attached hydrogens (primary N) is 1. The second-order valence-corrected chi connectivity index (χ2v) is 2.49. The zero-order valence-electron chi connectivity index (χ0n) is 6.16. The molecule has 0 fully saturated rings. The largest absolute Gasteiger partial charge is 0.369 e. The lowest BCUT2D eigenvalue weighted by atomic mass is 10.2. The Bertz CT molecular complexity index is 187. The van der Waals surface area contributed by atoms with Crippen LogP contribution < -0.4 is 5.73 Å². The van der Waals surface area contributed by atoms with Gasteiger partial charge in [0.1, 0.15) is 0 Å². The van der Waals surface area contributed by atoms with E-state index in [1.54, 1.807) is 7.05 Å². The summed E-state index contributed by atoms with van der Waals surface area (Å²) in [6.45, 7) is 1.87. The molecule has 0 spiro atoms. The molecule has 2 N–H and O–H groups in total. The molecule has 10 heavy (non-hydrogen) atoms. The minimum Gasteiger partial charge on any atom is -0.369 e. The van der Waals surface area contributed by atoms with Gasteiger partial charge in [-0.2, -0.15) is 0 Å². The first-order chi connectivity index (χ1) is 4.61. The molecule has 56 valence electrons. The van der Waals surface area contributed by atoms with Gasteiger partial charge in [-0.1, -0.05) is 0 Å². The van der Waals surface area contributed by atoms with E-state index in [9.17, 15) is 4.79 Å². The van der Waals surface area contributed by atoms with E-state index in [-0.39, 0.29) is 11.9 Å². The SMILES string of the molecule is C[C@H]1CC(=O)N(C)C(N)=N1. The Morgan fingerprint density at radius 3 is 2.90 bits per heavy atom. The van der Waals surface area contributed by atoms with Crippen LogP contribution in [-0.4, -0.2) is 29.9 Å². The number of carbonyl (C=O) groups is 1. The van der Waals surface area contributed by atoms with Crippen molar-refractivity contribution in [3.63, 3.8) is 0 Å². The highest BCUT2D eigenvalue weighted by Gasteiger charge is 2.20. The number of rotatable bonds is 0. The van der Waals surface area contributed by atoms with Crippen molar-refractivity contribution in [3.05, 3.63) is 0 Å². The molecule has 0 saturated heterocycles. The third-order valence-corrected chi connectivity index (χ3v) is 1.54. The van der Waals surface area contributed by atoms with Crippen LogP contribution in [0.2, 0.25) is 0 Å². The van der Waals surface area contributed by atoms with Crippen molar-refractivity contribution < 1.29 is 4.79 Å². The monoisotopic (exact) mass is 141 g/mol. The summed E-state index contributed by atoms with van der Waals surface area (Å²) in [4.78, 5) is 16.4. The Hall–Kier alpha value is -1.06. The van der Waals surface area contributed by atoms with E-state index < -0.39 is 0 Å². The first-order valence-corrected chi connectivity index (χ1v) is 3.21. The van der Waals surface area contributed by atoms with Crippen molar-refractivity contribution >= 4 is 11.9 Å². The maximum Gasteiger partial charge on any atom is 0.231 e. The summed E-state index contributed by atoms with van der Waals surface area (Å²) in [5.41, 5.74) is 5.41. The molecule has 1 rings (SSSR count). The predicted molar refractivity (Wildman–Crippen MR) is 38.5 cm³/mol. The van der Waals surface area contributed by atoms with E-state index in [0.29, 0.717) is 12.4 Å². The van der Waals surface area contributed by atoms with E-state index in [1.165, 1.54) is 4.90 Å². The molecule has 1 aliphatic heterocycles. The Kier molecular flexibility index (Phi) is 1.61. The van der Waals surface area contributed by atoms with Crippen LogP contribution in [-0.2, 0) is 4.79 Å². The number of amides is 1. The number of aliphatic imine (C=N–C) groups is 1. The van der Waals surface area contributed by atoms with E-state index in [0.717, 1.165) is 0 Å². The number of hydrogen-bond acceptors (Lipinski definition) is 3. The van der Waals surface area contributed by atoms with Crippen LogP contribution >= 0.6 is 0 Å². The van der Waals surface area contributed by atoms with Gasteiger partial charge < -0.3 is 5.73 Å². The summed E-state index contributed by atoms with van der Waals surface area (Å²) in [6, 6.07) is 0.0451. The van der Waals surface area contributed by atoms with Gasteiger partial charge in [0.2, 0.25) is 5.91 Å². The van der Waals surface area contributed by atoms with Gasteiger partial charge in [0, 0.05) is 13.5 Å². The van der Waals surface area contributed by atoms with Crippen LogP contribution in [0.3, 0.4) is 0 Å². The minimum atomic E-state index is 0.0417. The van der Waals surface area contributed by atoms with Gasteiger partial charge in [0.05, 0.1) is 6.04 Å². The highest BCUT2D eigenvalue weighted by atomic mass is 16.2. The predicted octanol–water partition coefficient (Wildman–Crippen LogP) is -0.448. The summed E-state index contributed by atoms with van der Waals surface area (Å²) >= 11 is 0. The third-order valence-electron chi connectivity index (χ3n) is 1.54. The summed E-state index contributed by atoms with van der Waals surface area (Å²) < 4.78 is 0. The first-order valence-electron chi connectivity index (χ1n) is 3.21. The van der Waals surface area contributed by atoms with Gasteiger partial charge in [-0.15, -0.1) is 0 Å². The fourth-order valence-electron chi connectivity index (χ4n) is 0.875. The molecule has 0 aromatic heterocycles. The molecule has 1 amide bonds. The lowest BCUT2D eigenvalue weighted by molar-refractivity contribution is -0.127. The summed E-state index contributed by atoms with van der Waals surface area (Å²) in [5, 5.41) is 0. The lowest BCUT2D eigenvalue weighted by Gasteiger charge is -2.23. The molecular weight excluding hydrogens is 130 g/mol. The van der Waals surface area contributed by atoms with Crippen LogP contribution in [0.5, 0.6) is 0 Å². The lowest BCUT2D eigenvalue weighted by Crippen LogP contribution is -2.44. The first kappa shape index (κ1) is 7.05. The average Bonchev–Trinajstić information content (AvgIpc) is 1.82. The topological polar surface area (TPSA) is 58.7 Å². The maximum atomic E-state index is 11.0. The molecule has 1 heterocycles. The fourth-order valence-corrected chi connectivity index (χ4v) is 0.875. The molecular formula is C6H11N3O. The van der Waals surface area contributed by atoms with E-state index >= 15 is 0 Å². The quantitative estimate of drug-likeness (QED) is 0.496. The van der Waals surface area contributed by atoms with E-state index in [1.807, 2.05) is 6.92 Å². The number of guanidine groups is 1. The standard InChI is InChI=1S/C6H11N3O/c1-4-3-5(10)9(2)6(7)8-4/h4H,3H2,1-2H3,(H2,7,8)/t4-/m0/s1. The Labute approximate surface area is 59.7 Å². The molecule has 0 aliphatic carbocycles. The Morgan fingerprint density at radius 2 is 2.40 bits per heavy atom. The molecule has 4 heteroatoms. The minimum absolute atomic E-state index is 0.0417. The third kappa shape index (κ3) is 1.10. The van der Waals surface area contributed by atoms with Crippen molar-refractivity contribution in [2.45, 2.75) is 19.4 Å². The highest BCUT2D eigenvalue weighted by molar-refractivity contribution is 5.97. The molecule has 0 unspecified atom stereocenters. The Balaban J connectivity index is 2.81. The maximum absolute atomic E-state index is 11.0. The molecule has 0 saturated carbocycles. The van der Waals surface area contributed by atoms with Crippen molar-refractivity contribution in [2.24, 2.45) is 10.7 Å². The molecule has 0 radical (unpaired) electrons. The van der Waals surface area contributed by atoms with Gasteiger partial charge in [-0.05, 0) is 6.92 Å². The number of nitrogens with zero attached hydrogens (tertiary/aromatic N) is 2. The van der Waals surface area contributed by atoms with Crippen molar-refractivity contribution in [1.29, 1.82) is 0 Å². The normalized spacial score (nSPS) is 26.6. The molecule has 4 nitrogen and oxygen atoms in total. The molecule has 0 bridgehead atoms. The second-order valence-electron chi connectivity index (χ2n) is 2.49. The van der Waals surface area contributed by atoms with Gasteiger partial charge in [-0.25, -0.2) is 4.99 Å². The van der Waals surface area contributed by atoms with Crippen LogP contribution in [0.1, 0.15) is 13.3 Å². The second kappa shape index (κ2) is 2.28. The summed E-state index contributed by atoms with van der Waals surface area (Å²) in [7, 11) is 1.63. The molecule has 0 aromatic rings. The zero-order valence-corrected chi connectivity index (χ0v) is 6.16. The van der Waals surface area contributed by atoms with Gasteiger partial charge >= 0.3 is 0 Å². The summed E-state index contributed by atoms with van der Waals surface area (Å²) in [6.07, 6.45) is 0.469. The van der Waals surface area contributed by atoms with Crippen molar-refractivity contribution in [1.82, 2.24) is 4.90 Å². The van der Waals surface area contributed by atoms with Crippen LogP contribution in [0.15, 0.2) is 4.99 Å².